The predicted octanol–water partition coefficient (Wildman–Crippen LogP) is 3.17. The summed E-state index contributed by atoms with van der Waals surface area (Å²) in [4.78, 5) is 22.5. The molecule has 23 heavy (non-hydrogen) atoms. The van der Waals surface area contributed by atoms with Crippen molar-refractivity contribution in [2.45, 2.75) is 5.75 Å². The molecule has 1 aromatic carbocycles. The summed E-state index contributed by atoms with van der Waals surface area (Å²) in [7, 11) is -1.55. The maximum atomic E-state index is 11.9. The van der Waals surface area contributed by atoms with Gasteiger partial charge in [0.15, 0.2) is 0 Å². The predicted molar refractivity (Wildman–Crippen MR) is 87.5 cm³/mol. The van der Waals surface area contributed by atoms with Gasteiger partial charge in [-0.15, -0.1) is 0 Å². The molecule has 1 unspecified atom stereocenters. The van der Waals surface area contributed by atoms with Crippen LogP contribution in [0.15, 0.2) is 34.7 Å². The molecule has 9 heteroatoms. The van der Waals surface area contributed by atoms with Crippen molar-refractivity contribution in [3.05, 3.63) is 51.9 Å². The van der Waals surface area contributed by atoms with E-state index in [1.54, 1.807) is 6.07 Å². The van der Waals surface area contributed by atoms with Crippen LogP contribution in [0.4, 0.5) is 5.69 Å². The Hall–Kier alpha value is -1.83. The van der Waals surface area contributed by atoms with Gasteiger partial charge < -0.3 is 14.8 Å². The summed E-state index contributed by atoms with van der Waals surface area (Å²) in [6.45, 7) is 0. The Morgan fingerprint density at radius 2 is 1.96 bits per heavy atom. The van der Waals surface area contributed by atoms with E-state index in [0.717, 1.165) is 0 Å². The topological polar surface area (TPSA) is 96.6 Å². The Kier molecular flexibility index (Phi) is 5.81. The number of nitrogens with one attached hydrogen (secondary N) is 1. The summed E-state index contributed by atoms with van der Waals surface area (Å²) in [5.41, 5.74) is 0.365. The molecular formula is C14H11Cl2NO5S. The molecule has 6 nitrogen and oxygen atoms in total. The molecule has 0 fully saturated rings. The number of hydrogen-bond acceptors (Lipinski definition) is 4. The lowest BCUT2D eigenvalue weighted by molar-refractivity contribution is -0.113. The summed E-state index contributed by atoms with van der Waals surface area (Å²) in [5.74, 6) is -2.04. The number of carbonyl (C=O) groups is 2. The fraction of sp³-hybridized carbons (Fsp3) is 0.143. The smallest absolute Gasteiger partial charge is 0.371 e. The zero-order chi connectivity index (χ0) is 17.0. The molecule has 2 N–H and O–H groups in total. The summed E-state index contributed by atoms with van der Waals surface area (Å²) < 4.78 is 16.9. The number of furan rings is 1. The minimum Gasteiger partial charge on any atom is -0.475 e. The SMILES string of the molecule is O=C(CS(=O)Cc1ccc(C(=O)O)o1)Nc1ccc(Cl)cc1Cl. The lowest BCUT2D eigenvalue weighted by atomic mass is 10.3. The van der Waals surface area contributed by atoms with Crippen LogP contribution in [-0.4, -0.2) is 26.9 Å². The van der Waals surface area contributed by atoms with Gasteiger partial charge in [0.1, 0.15) is 11.5 Å². The molecule has 0 saturated carbocycles. The van der Waals surface area contributed by atoms with Crippen LogP contribution in [-0.2, 0) is 21.3 Å². The van der Waals surface area contributed by atoms with Gasteiger partial charge in [0.2, 0.25) is 11.7 Å². The van der Waals surface area contributed by atoms with Gasteiger partial charge >= 0.3 is 5.97 Å². The Balaban J connectivity index is 1.91. The van der Waals surface area contributed by atoms with Crippen LogP contribution in [0.3, 0.4) is 0 Å². The zero-order valence-electron chi connectivity index (χ0n) is 11.5. The monoisotopic (exact) mass is 375 g/mol. The van der Waals surface area contributed by atoms with E-state index < -0.39 is 22.7 Å². The molecule has 122 valence electrons. The van der Waals surface area contributed by atoms with Crippen LogP contribution in [0.1, 0.15) is 16.3 Å². The zero-order valence-corrected chi connectivity index (χ0v) is 13.9. The van der Waals surface area contributed by atoms with Crippen molar-refractivity contribution < 1.29 is 23.3 Å². The van der Waals surface area contributed by atoms with E-state index in [-0.39, 0.29) is 28.0 Å². The summed E-state index contributed by atoms with van der Waals surface area (Å²) >= 11 is 11.7. The largest absolute Gasteiger partial charge is 0.475 e. The molecule has 2 aromatic rings. The molecule has 0 saturated heterocycles. The van der Waals surface area contributed by atoms with E-state index in [4.69, 9.17) is 32.7 Å². The van der Waals surface area contributed by atoms with Gasteiger partial charge in [-0.2, -0.15) is 0 Å². The Bertz CT molecular complexity index is 774. The number of rotatable bonds is 6. The van der Waals surface area contributed by atoms with Gasteiger partial charge in [0.25, 0.3) is 0 Å². The third-order valence-electron chi connectivity index (χ3n) is 2.67. The van der Waals surface area contributed by atoms with E-state index in [1.807, 2.05) is 0 Å². The van der Waals surface area contributed by atoms with Crippen molar-refractivity contribution in [1.29, 1.82) is 0 Å². The minimum atomic E-state index is -1.55. The first kappa shape index (κ1) is 17.5. The minimum absolute atomic E-state index is 0.0605. The van der Waals surface area contributed by atoms with Gasteiger partial charge in [-0.05, 0) is 30.3 Å². The Morgan fingerprint density at radius 1 is 1.22 bits per heavy atom. The highest BCUT2D eigenvalue weighted by Crippen LogP contribution is 2.25. The lowest BCUT2D eigenvalue weighted by Gasteiger charge is -2.07. The van der Waals surface area contributed by atoms with Gasteiger partial charge in [0.05, 0.1) is 16.5 Å². The molecule has 1 atom stereocenters. The number of aromatic carboxylic acids is 1. The molecule has 2 rings (SSSR count). The van der Waals surface area contributed by atoms with Crippen LogP contribution in [0.5, 0.6) is 0 Å². The molecule has 0 aliphatic heterocycles. The van der Waals surface area contributed by atoms with Crippen LogP contribution < -0.4 is 5.32 Å². The van der Waals surface area contributed by atoms with Crippen molar-refractivity contribution in [2.24, 2.45) is 0 Å². The molecule has 0 bridgehead atoms. The number of benzene rings is 1. The van der Waals surface area contributed by atoms with E-state index in [1.165, 1.54) is 24.3 Å². The quantitative estimate of drug-likeness (QED) is 0.807. The number of anilines is 1. The first-order valence-corrected chi connectivity index (χ1v) is 8.51. The number of carboxylic acids is 1. The van der Waals surface area contributed by atoms with Crippen LogP contribution in [0.2, 0.25) is 10.0 Å². The van der Waals surface area contributed by atoms with Crippen molar-refractivity contribution in [2.75, 3.05) is 11.1 Å². The highest BCUT2D eigenvalue weighted by Gasteiger charge is 2.14. The average molecular weight is 376 g/mol. The molecule has 1 heterocycles. The summed E-state index contributed by atoms with van der Waals surface area (Å²) in [6.07, 6.45) is 0. The Labute approximate surface area is 143 Å². The molecule has 1 amide bonds. The molecular weight excluding hydrogens is 365 g/mol. The van der Waals surface area contributed by atoms with Crippen molar-refractivity contribution >= 4 is 51.6 Å². The highest BCUT2D eigenvalue weighted by atomic mass is 35.5. The van der Waals surface area contributed by atoms with E-state index in [2.05, 4.69) is 5.32 Å². The highest BCUT2D eigenvalue weighted by molar-refractivity contribution is 7.84. The first-order valence-electron chi connectivity index (χ1n) is 6.27. The number of hydrogen-bond donors (Lipinski definition) is 2. The fourth-order valence-corrected chi connectivity index (χ4v) is 3.10. The Morgan fingerprint density at radius 3 is 2.57 bits per heavy atom. The second kappa shape index (κ2) is 7.63. The van der Waals surface area contributed by atoms with Crippen LogP contribution in [0.25, 0.3) is 0 Å². The van der Waals surface area contributed by atoms with Crippen molar-refractivity contribution in [3.63, 3.8) is 0 Å². The average Bonchev–Trinajstić information content (AvgIpc) is 2.90. The van der Waals surface area contributed by atoms with Gasteiger partial charge in [-0.1, -0.05) is 23.2 Å². The third kappa shape index (κ3) is 5.09. The number of carbonyl (C=O) groups excluding carboxylic acids is 1. The van der Waals surface area contributed by atoms with Crippen molar-refractivity contribution in [1.82, 2.24) is 0 Å². The maximum absolute atomic E-state index is 11.9. The third-order valence-corrected chi connectivity index (χ3v) is 4.41. The van der Waals surface area contributed by atoms with Crippen molar-refractivity contribution in [3.8, 4) is 0 Å². The summed E-state index contributed by atoms with van der Waals surface area (Å²) in [5, 5.41) is 12.0. The standard InChI is InChI=1S/C14H11Cl2NO5S/c15-8-1-3-11(10(16)5-8)17-13(18)7-23(21)6-9-2-4-12(22-9)14(19)20/h1-5H,6-7H2,(H,17,18)(H,19,20). The molecule has 0 radical (unpaired) electrons. The fourth-order valence-electron chi connectivity index (χ4n) is 1.70. The normalized spacial score (nSPS) is 11.9. The lowest BCUT2D eigenvalue weighted by Crippen LogP contribution is -2.20. The van der Waals surface area contributed by atoms with Crippen LogP contribution >= 0.6 is 23.2 Å². The van der Waals surface area contributed by atoms with Gasteiger partial charge in [0, 0.05) is 15.8 Å². The van der Waals surface area contributed by atoms with Gasteiger partial charge in [-0.3, -0.25) is 9.00 Å². The van der Waals surface area contributed by atoms with E-state index >= 15 is 0 Å². The molecule has 0 aliphatic rings. The van der Waals surface area contributed by atoms with E-state index in [9.17, 15) is 13.8 Å². The second-order valence-corrected chi connectivity index (χ2v) is 6.77. The molecule has 0 aliphatic carbocycles. The maximum Gasteiger partial charge on any atom is 0.371 e. The number of carboxylic acid groups (broad SMARTS) is 1. The summed E-state index contributed by atoms with van der Waals surface area (Å²) in [6, 6.07) is 7.26. The first-order chi connectivity index (χ1) is 10.8. The van der Waals surface area contributed by atoms with Crippen LogP contribution in [0, 0.1) is 0 Å². The number of amides is 1. The van der Waals surface area contributed by atoms with Gasteiger partial charge in [-0.25, -0.2) is 4.79 Å². The molecule has 1 aromatic heterocycles. The number of halogens is 2. The molecule has 0 spiro atoms. The second-order valence-electron chi connectivity index (χ2n) is 4.47. The van der Waals surface area contributed by atoms with E-state index in [0.29, 0.717) is 10.7 Å².